The number of fused-ring (bicyclic) bond motifs is 2. The normalized spacial score (nSPS) is 11.2. The number of benzene rings is 2. The molecule has 5 aromatic rings. The minimum atomic E-state index is -0.199. The predicted molar refractivity (Wildman–Crippen MR) is 119 cm³/mol. The van der Waals surface area contributed by atoms with Crippen LogP contribution in [0, 0.1) is 0 Å². The fourth-order valence-electron chi connectivity index (χ4n) is 3.41. The second-order valence-corrected chi connectivity index (χ2v) is 7.70. The quantitative estimate of drug-likeness (QED) is 0.453. The monoisotopic (exact) mass is 415 g/mol. The molecular weight excluding hydrogens is 398 g/mol. The molecule has 2 N–H and O–H groups in total. The predicted octanol–water partition coefficient (Wildman–Crippen LogP) is 4.03. The molecule has 3 aromatic heterocycles. The Morgan fingerprint density at radius 3 is 2.80 bits per heavy atom. The molecule has 3 heterocycles. The third-order valence-electron chi connectivity index (χ3n) is 4.93. The van der Waals surface area contributed by atoms with Crippen LogP contribution in [0.5, 0.6) is 0 Å². The van der Waals surface area contributed by atoms with Crippen molar-refractivity contribution in [2.24, 2.45) is 0 Å². The van der Waals surface area contributed by atoms with Crippen molar-refractivity contribution in [2.45, 2.75) is 13.0 Å². The van der Waals surface area contributed by atoms with Crippen molar-refractivity contribution < 1.29 is 4.79 Å². The first kappa shape index (κ1) is 18.3. The van der Waals surface area contributed by atoms with E-state index < -0.39 is 0 Å². The largest absolute Gasteiger partial charge is 0.360 e. The Morgan fingerprint density at radius 1 is 1.10 bits per heavy atom. The van der Waals surface area contributed by atoms with Gasteiger partial charge in [0.2, 0.25) is 5.91 Å². The van der Waals surface area contributed by atoms with Crippen molar-refractivity contribution in [2.75, 3.05) is 5.32 Å². The highest BCUT2D eigenvalue weighted by Crippen LogP contribution is 2.30. The summed E-state index contributed by atoms with van der Waals surface area (Å²) in [6.45, 7) is 0.253. The van der Waals surface area contributed by atoms with Gasteiger partial charge in [-0.1, -0.05) is 30.3 Å². The van der Waals surface area contributed by atoms with Crippen LogP contribution >= 0.6 is 11.3 Å². The van der Waals surface area contributed by atoms with E-state index in [1.54, 1.807) is 18.2 Å². The van der Waals surface area contributed by atoms with Gasteiger partial charge in [-0.15, -0.1) is 11.3 Å². The highest BCUT2D eigenvalue weighted by atomic mass is 32.1. The molecule has 0 saturated heterocycles. The summed E-state index contributed by atoms with van der Waals surface area (Å²) in [5.74, 6) is -0.199. The van der Waals surface area contributed by atoms with E-state index in [9.17, 15) is 9.59 Å². The summed E-state index contributed by atoms with van der Waals surface area (Å²) in [7, 11) is 0. The number of aryl methyl sites for hydroxylation is 1. The van der Waals surface area contributed by atoms with E-state index in [2.05, 4.69) is 20.3 Å². The number of aromatic amines is 1. The van der Waals surface area contributed by atoms with Gasteiger partial charge in [-0.2, -0.15) is 0 Å². The Labute approximate surface area is 175 Å². The molecule has 148 valence electrons. The number of thiazole rings is 1. The van der Waals surface area contributed by atoms with Crippen molar-refractivity contribution in [1.29, 1.82) is 0 Å². The lowest BCUT2D eigenvalue weighted by molar-refractivity contribution is -0.116. The Balaban J connectivity index is 1.28. The van der Waals surface area contributed by atoms with Crippen molar-refractivity contribution >= 4 is 44.2 Å². The van der Waals surface area contributed by atoms with E-state index in [1.807, 2.05) is 41.9 Å². The number of para-hydroxylation sites is 2. The molecule has 0 fully saturated rings. The lowest BCUT2D eigenvalue weighted by atomic mass is 10.1. The summed E-state index contributed by atoms with van der Waals surface area (Å²) in [5.41, 5.74) is 3.35. The molecule has 0 aliphatic rings. The number of carbonyl (C=O) groups is 1. The van der Waals surface area contributed by atoms with Crippen molar-refractivity contribution in [3.63, 3.8) is 0 Å². The van der Waals surface area contributed by atoms with E-state index in [-0.39, 0.29) is 24.4 Å². The molecule has 1 amide bonds. The van der Waals surface area contributed by atoms with E-state index in [4.69, 9.17) is 0 Å². The molecule has 7 nitrogen and oxygen atoms in total. The van der Waals surface area contributed by atoms with Crippen LogP contribution in [-0.4, -0.2) is 25.4 Å². The molecule has 0 unspecified atom stereocenters. The molecule has 30 heavy (non-hydrogen) atoms. The lowest BCUT2D eigenvalue weighted by Gasteiger charge is -2.06. The van der Waals surface area contributed by atoms with Gasteiger partial charge in [-0.3, -0.25) is 14.2 Å². The van der Waals surface area contributed by atoms with E-state index in [1.165, 1.54) is 22.2 Å². The zero-order valence-corrected chi connectivity index (χ0v) is 16.6. The third kappa shape index (κ3) is 3.37. The molecule has 0 aliphatic carbocycles. The third-order valence-corrected chi connectivity index (χ3v) is 5.68. The number of H-pyrrole nitrogens is 1. The number of carbonyl (C=O) groups excluding carboxylic acids is 1. The van der Waals surface area contributed by atoms with Gasteiger partial charge < -0.3 is 10.3 Å². The topological polar surface area (TPSA) is 92.7 Å². The first-order valence-corrected chi connectivity index (χ1v) is 10.3. The second kappa shape index (κ2) is 7.57. The number of hydrogen-bond acceptors (Lipinski definition) is 5. The van der Waals surface area contributed by atoms with Crippen LogP contribution in [0.3, 0.4) is 0 Å². The molecule has 0 saturated carbocycles. The molecule has 0 aliphatic heterocycles. The van der Waals surface area contributed by atoms with Gasteiger partial charge in [0.15, 0.2) is 5.13 Å². The Morgan fingerprint density at radius 2 is 1.90 bits per heavy atom. The van der Waals surface area contributed by atoms with Crippen molar-refractivity contribution in [3.8, 4) is 11.3 Å². The summed E-state index contributed by atoms with van der Waals surface area (Å²) in [5, 5.41) is 6.91. The maximum atomic E-state index is 12.5. The Kier molecular flexibility index (Phi) is 4.61. The van der Waals surface area contributed by atoms with Gasteiger partial charge in [0, 0.05) is 41.0 Å². The van der Waals surface area contributed by atoms with Gasteiger partial charge >= 0.3 is 0 Å². The Hall–Kier alpha value is -3.78. The van der Waals surface area contributed by atoms with Gasteiger partial charge in [0.05, 0.1) is 22.9 Å². The van der Waals surface area contributed by atoms with Crippen molar-refractivity contribution in [3.05, 3.63) is 76.8 Å². The smallest absolute Gasteiger partial charge is 0.261 e. The van der Waals surface area contributed by atoms with Gasteiger partial charge in [-0.05, 0) is 18.2 Å². The summed E-state index contributed by atoms with van der Waals surface area (Å²) < 4.78 is 1.46. The molecular formula is C22H17N5O2S. The summed E-state index contributed by atoms with van der Waals surface area (Å²) in [6.07, 6.45) is 3.56. The average Bonchev–Trinajstić information content (AvgIpc) is 3.40. The fourth-order valence-corrected chi connectivity index (χ4v) is 4.13. The van der Waals surface area contributed by atoms with Gasteiger partial charge in [-0.25, -0.2) is 9.97 Å². The number of rotatable bonds is 5. The first-order chi connectivity index (χ1) is 14.7. The number of nitrogens with zero attached hydrogens (tertiary/aromatic N) is 3. The molecule has 0 spiro atoms. The van der Waals surface area contributed by atoms with Crippen LogP contribution in [-0.2, 0) is 11.3 Å². The van der Waals surface area contributed by atoms with E-state index in [0.717, 1.165) is 22.2 Å². The van der Waals surface area contributed by atoms with E-state index in [0.29, 0.717) is 16.0 Å². The highest BCUT2D eigenvalue weighted by molar-refractivity contribution is 7.14. The SMILES string of the molecule is O=C(CCn1cnc2ccccc2c1=O)Nc1nc(-c2c[nH]c3ccccc23)cs1. The first-order valence-electron chi connectivity index (χ1n) is 9.45. The van der Waals surface area contributed by atoms with Gasteiger partial charge in [0.1, 0.15) is 0 Å². The van der Waals surface area contributed by atoms with Crippen LogP contribution in [0.1, 0.15) is 6.42 Å². The summed E-state index contributed by atoms with van der Waals surface area (Å²) >= 11 is 1.37. The number of amides is 1. The maximum Gasteiger partial charge on any atom is 0.261 e. The maximum absolute atomic E-state index is 12.5. The standard InChI is InChI=1S/C22H17N5O2S/c28-20(9-10-27-13-24-18-8-4-2-6-15(18)21(27)29)26-22-25-19(12-30-22)16-11-23-17-7-3-1-5-14(16)17/h1-8,11-13,23H,9-10H2,(H,25,26,28). The number of anilines is 1. The Bertz CT molecular complexity index is 1430. The molecule has 2 aromatic carbocycles. The molecule has 0 radical (unpaired) electrons. The minimum absolute atomic E-state index is 0.149. The van der Waals surface area contributed by atoms with Crippen LogP contribution in [0.15, 0.2) is 71.2 Å². The zero-order valence-electron chi connectivity index (χ0n) is 15.8. The lowest BCUT2D eigenvalue weighted by Crippen LogP contribution is -2.23. The van der Waals surface area contributed by atoms with Crippen LogP contribution in [0.4, 0.5) is 5.13 Å². The number of nitrogens with one attached hydrogen (secondary N) is 2. The van der Waals surface area contributed by atoms with Gasteiger partial charge in [0.25, 0.3) is 5.56 Å². The average molecular weight is 415 g/mol. The molecule has 8 heteroatoms. The zero-order chi connectivity index (χ0) is 20.5. The minimum Gasteiger partial charge on any atom is -0.360 e. The molecule has 0 atom stereocenters. The van der Waals surface area contributed by atoms with Crippen molar-refractivity contribution in [1.82, 2.24) is 19.5 Å². The fraction of sp³-hybridized carbons (Fsp3) is 0.0909. The summed E-state index contributed by atoms with van der Waals surface area (Å²) in [4.78, 5) is 37.0. The van der Waals surface area contributed by atoms with Crippen LogP contribution in [0.25, 0.3) is 33.1 Å². The van der Waals surface area contributed by atoms with Crippen LogP contribution in [0.2, 0.25) is 0 Å². The summed E-state index contributed by atoms with van der Waals surface area (Å²) in [6, 6.07) is 15.2. The second-order valence-electron chi connectivity index (χ2n) is 6.84. The number of aromatic nitrogens is 4. The number of hydrogen-bond donors (Lipinski definition) is 2. The molecule has 5 rings (SSSR count). The van der Waals surface area contributed by atoms with E-state index >= 15 is 0 Å². The highest BCUT2D eigenvalue weighted by Gasteiger charge is 2.12. The molecule has 0 bridgehead atoms. The van der Waals surface area contributed by atoms with Crippen LogP contribution < -0.4 is 10.9 Å².